The molecule has 5 heteroatoms. The van der Waals surface area contributed by atoms with Crippen LogP contribution < -0.4 is 10.5 Å². The van der Waals surface area contributed by atoms with Crippen molar-refractivity contribution in [1.82, 2.24) is 4.90 Å². The second-order valence-electron chi connectivity index (χ2n) is 4.80. The zero-order valence-electron chi connectivity index (χ0n) is 11.7. The number of nitrogen functional groups attached to an aromatic ring is 1. The van der Waals surface area contributed by atoms with Crippen LogP contribution in [0.1, 0.15) is 24.2 Å². The molecule has 3 N–H and O–H groups in total. The lowest BCUT2D eigenvalue weighted by Gasteiger charge is -2.15. The van der Waals surface area contributed by atoms with Crippen LogP contribution in [0.4, 0.5) is 5.69 Å². The normalized spacial score (nSPS) is 11.1. The summed E-state index contributed by atoms with van der Waals surface area (Å²) in [6.45, 7) is 4.60. The first kappa shape index (κ1) is 15.5. The lowest BCUT2D eigenvalue weighted by molar-refractivity contribution is 0.0936. The quantitative estimate of drug-likeness (QED) is 0.572. The van der Waals surface area contributed by atoms with Gasteiger partial charge in [-0.25, -0.2) is 0 Å². The number of ether oxygens (including phenoxy) is 1. The van der Waals surface area contributed by atoms with Gasteiger partial charge in [-0.15, -0.1) is 0 Å². The van der Waals surface area contributed by atoms with Crippen molar-refractivity contribution < 1.29 is 14.6 Å². The summed E-state index contributed by atoms with van der Waals surface area (Å²) in [6.07, 6.45) is 0.0412. The number of likely N-dealkylation sites (N-methyl/N-ethyl adjacent to an activating group) is 1. The fraction of sp³-hybridized carbons (Fsp3) is 0.500. The van der Waals surface area contributed by atoms with Gasteiger partial charge in [-0.05, 0) is 39.1 Å². The van der Waals surface area contributed by atoms with E-state index in [-0.39, 0.29) is 25.0 Å². The van der Waals surface area contributed by atoms with Crippen molar-refractivity contribution in [2.24, 2.45) is 0 Å². The summed E-state index contributed by atoms with van der Waals surface area (Å²) in [5, 5.41) is 8.80. The summed E-state index contributed by atoms with van der Waals surface area (Å²) < 4.78 is 5.52. The van der Waals surface area contributed by atoms with E-state index in [0.717, 1.165) is 0 Å². The molecule has 0 amide bonds. The predicted molar refractivity (Wildman–Crippen MR) is 75.5 cm³/mol. The van der Waals surface area contributed by atoms with Crippen molar-refractivity contribution in [3.05, 3.63) is 23.8 Å². The molecule has 19 heavy (non-hydrogen) atoms. The highest BCUT2D eigenvalue weighted by Crippen LogP contribution is 2.23. The van der Waals surface area contributed by atoms with E-state index in [9.17, 15) is 4.79 Å². The summed E-state index contributed by atoms with van der Waals surface area (Å²) in [5.41, 5.74) is 6.88. The van der Waals surface area contributed by atoms with Crippen molar-refractivity contribution in [1.29, 1.82) is 0 Å². The van der Waals surface area contributed by atoms with Crippen LogP contribution in [0.5, 0.6) is 5.75 Å². The molecule has 5 nitrogen and oxygen atoms in total. The monoisotopic (exact) mass is 266 g/mol. The molecule has 1 aromatic rings. The Kier molecular flexibility index (Phi) is 5.79. The van der Waals surface area contributed by atoms with Crippen LogP contribution >= 0.6 is 0 Å². The number of Topliss-reactive ketones (excluding diaryl/α,β-unsaturated/α-hetero) is 1. The molecule has 0 fully saturated rings. The number of nitrogens with zero attached hydrogens (tertiary/aromatic N) is 1. The molecule has 1 rings (SSSR count). The van der Waals surface area contributed by atoms with Gasteiger partial charge in [-0.3, -0.25) is 9.69 Å². The Balaban J connectivity index is 2.74. The van der Waals surface area contributed by atoms with E-state index in [0.29, 0.717) is 23.5 Å². The smallest absolute Gasteiger partial charge is 0.176 e. The topological polar surface area (TPSA) is 75.8 Å². The van der Waals surface area contributed by atoms with Crippen molar-refractivity contribution >= 4 is 11.5 Å². The van der Waals surface area contributed by atoms with Crippen molar-refractivity contribution in [3.8, 4) is 5.75 Å². The first-order valence-electron chi connectivity index (χ1n) is 6.32. The highest BCUT2D eigenvalue weighted by molar-refractivity contribution is 5.98. The van der Waals surface area contributed by atoms with E-state index in [1.54, 1.807) is 30.1 Å². The first-order chi connectivity index (χ1) is 8.93. The Hall–Kier alpha value is -1.59. The molecule has 0 radical (unpaired) electrons. The number of ketones is 1. The van der Waals surface area contributed by atoms with Gasteiger partial charge >= 0.3 is 0 Å². The van der Waals surface area contributed by atoms with Crippen molar-refractivity contribution in [2.75, 3.05) is 32.5 Å². The molecule has 0 saturated carbocycles. The maximum atomic E-state index is 12.0. The van der Waals surface area contributed by atoms with Crippen molar-refractivity contribution in [2.45, 2.75) is 20.0 Å². The molecule has 0 aromatic heterocycles. The highest BCUT2D eigenvalue weighted by Gasteiger charge is 2.11. The molecule has 0 saturated heterocycles. The summed E-state index contributed by atoms with van der Waals surface area (Å²) in [6, 6.07) is 5.06. The summed E-state index contributed by atoms with van der Waals surface area (Å²) in [5.74, 6) is 0.564. The summed E-state index contributed by atoms with van der Waals surface area (Å²) in [4.78, 5) is 13.8. The average molecular weight is 266 g/mol. The van der Waals surface area contributed by atoms with Crippen LogP contribution in [0, 0.1) is 0 Å². The molecule has 0 unspecified atom stereocenters. The maximum absolute atomic E-state index is 12.0. The van der Waals surface area contributed by atoms with E-state index in [2.05, 4.69) is 0 Å². The molecular formula is C14H22N2O3. The highest BCUT2D eigenvalue weighted by atomic mass is 16.5. The Morgan fingerprint density at radius 1 is 1.47 bits per heavy atom. The zero-order chi connectivity index (χ0) is 14.4. The third-order valence-corrected chi connectivity index (χ3v) is 2.59. The zero-order valence-corrected chi connectivity index (χ0v) is 11.7. The van der Waals surface area contributed by atoms with Crippen LogP contribution in [-0.4, -0.2) is 48.6 Å². The van der Waals surface area contributed by atoms with Gasteiger partial charge in [0.1, 0.15) is 5.75 Å². The number of anilines is 1. The number of aliphatic hydroxyl groups excluding tert-OH is 1. The van der Waals surface area contributed by atoms with Crippen LogP contribution in [0.25, 0.3) is 0 Å². The lowest BCUT2D eigenvalue weighted by atomic mass is 10.1. The van der Waals surface area contributed by atoms with Gasteiger partial charge in [0, 0.05) is 12.1 Å². The third kappa shape index (κ3) is 4.89. The van der Waals surface area contributed by atoms with Gasteiger partial charge in [0.2, 0.25) is 0 Å². The fourth-order valence-electron chi connectivity index (χ4n) is 1.67. The van der Waals surface area contributed by atoms with E-state index in [1.165, 1.54) is 0 Å². The minimum absolute atomic E-state index is 0.0289. The van der Waals surface area contributed by atoms with Gasteiger partial charge in [0.15, 0.2) is 5.78 Å². The Bertz CT molecular complexity index is 433. The molecule has 0 aliphatic heterocycles. The Morgan fingerprint density at radius 3 is 2.68 bits per heavy atom. The SMILES string of the molecule is CC(C)Oc1ccc(C(=O)CN(C)CCO)cc1N. The Labute approximate surface area is 114 Å². The first-order valence-corrected chi connectivity index (χ1v) is 6.32. The Morgan fingerprint density at radius 2 is 2.16 bits per heavy atom. The van der Waals surface area contributed by atoms with Gasteiger partial charge in [0.25, 0.3) is 0 Å². The fourth-order valence-corrected chi connectivity index (χ4v) is 1.67. The molecule has 106 valence electrons. The number of rotatable bonds is 7. The summed E-state index contributed by atoms with van der Waals surface area (Å²) in [7, 11) is 1.79. The molecule has 0 bridgehead atoms. The number of benzene rings is 1. The molecule has 0 atom stereocenters. The molecule has 0 aliphatic rings. The molecule has 1 aromatic carbocycles. The maximum Gasteiger partial charge on any atom is 0.176 e. The van der Waals surface area contributed by atoms with Crippen LogP contribution in [-0.2, 0) is 0 Å². The number of hydrogen-bond acceptors (Lipinski definition) is 5. The molecule has 0 heterocycles. The van der Waals surface area contributed by atoms with E-state index >= 15 is 0 Å². The number of hydrogen-bond donors (Lipinski definition) is 2. The standard InChI is InChI=1S/C14H22N2O3/c1-10(2)19-14-5-4-11(8-12(14)15)13(18)9-16(3)6-7-17/h4-5,8,10,17H,6-7,9,15H2,1-3H3. The largest absolute Gasteiger partial charge is 0.489 e. The minimum atomic E-state index is -0.0289. The minimum Gasteiger partial charge on any atom is -0.489 e. The number of nitrogens with two attached hydrogens (primary N) is 1. The van der Waals surface area contributed by atoms with Gasteiger partial charge in [0.05, 0.1) is 24.9 Å². The second-order valence-corrected chi connectivity index (χ2v) is 4.80. The molecule has 0 spiro atoms. The van der Waals surface area contributed by atoms with E-state index in [1.807, 2.05) is 13.8 Å². The van der Waals surface area contributed by atoms with Crippen molar-refractivity contribution in [3.63, 3.8) is 0 Å². The van der Waals surface area contributed by atoms with E-state index in [4.69, 9.17) is 15.6 Å². The summed E-state index contributed by atoms with van der Waals surface area (Å²) >= 11 is 0. The lowest BCUT2D eigenvalue weighted by Crippen LogP contribution is -2.28. The van der Waals surface area contributed by atoms with Crippen LogP contribution in [0.2, 0.25) is 0 Å². The number of aliphatic hydroxyl groups is 1. The number of carbonyl (C=O) groups is 1. The predicted octanol–water partition coefficient (Wildman–Crippen LogP) is 1.16. The third-order valence-electron chi connectivity index (χ3n) is 2.59. The average Bonchev–Trinajstić information content (AvgIpc) is 2.31. The van der Waals surface area contributed by atoms with Crippen LogP contribution in [0.3, 0.4) is 0 Å². The molecule has 0 aliphatic carbocycles. The number of carbonyl (C=O) groups excluding carboxylic acids is 1. The van der Waals surface area contributed by atoms with E-state index < -0.39 is 0 Å². The van der Waals surface area contributed by atoms with Gasteiger partial charge in [-0.2, -0.15) is 0 Å². The molecular weight excluding hydrogens is 244 g/mol. The van der Waals surface area contributed by atoms with Gasteiger partial charge < -0.3 is 15.6 Å². The van der Waals surface area contributed by atoms with Gasteiger partial charge in [-0.1, -0.05) is 0 Å². The second kappa shape index (κ2) is 7.11. The van der Waals surface area contributed by atoms with Crippen LogP contribution in [0.15, 0.2) is 18.2 Å².